The molecule has 1 saturated heterocycles. The molecule has 5 aromatic carbocycles. The maximum Gasteiger partial charge on any atom is 0.410 e. The lowest BCUT2D eigenvalue weighted by Crippen LogP contribution is -2.59. The monoisotopic (exact) mass is 703 g/mol. The Labute approximate surface area is 308 Å². The van der Waals surface area contributed by atoms with Gasteiger partial charge in [0.25, 0.3) is 0 Å². The number of rotatable bonds is 13. The average molecular weight is 704 g/mol. The molecule has 0 spiro atoms. The Hall–Kier alpha value is -4.30. The molecule has 6 rings (SSSR count). The molecular formula is C44H49NO5S. The lowest BCUT2D eigenvalue weighted by Gasteiger charge is -2.49. The highest BCUT2D eigenvalue weighted by Crippen LogP contribution is 2.45. The van der Waals surface area contributed by atoms with Crippen molar-refractivity contribution in [1.82, 2.24) is 4.90 Å². The fraction of sp³-hybridized carbons (Fsp3) is 0.341. The Morgan fingerprint density at radius 1 is 0.745 bits per heavy atom. The Balaban J connectivity index is 1.24. The van der Waals surface area contributed by atoms with Crippen LogP contribution in [0.25, 0.3) is 10.8 Å². The van der Waals surface area contributed by atoms with Gasteiger partial charge in [-0.2, -0.15) is 12.6 Å². The molecule has 4 unspecified atom stereocenters. The van der Waals surface area contributed by atoms with Crippen LogP contribution in [-0.4, -0.2) is 54.3 Å². The highest BCUT2D eigenvalue weighted by atomic mass is 32.1. The van der Waals surface area contributed by atoms with E-state index in [1.165, 1.54) is 16.3 Å². The maximum atomic E-state index is 13.8. The molecule has 5 aromatic rings. The van der Waals surface area contributed by atoms with Crippen LogP contribution in [0.15, 0.2) is 127 Å². The largest absolute Gasteiger partial charge is 0.494 e. The van der Waals surface area contributed by atoms with Crippen molar-refractivity contribution < 1.29 is 23.7 Å². The van der Waals surface area contributed by atoms with Gasteiger partial charge in [-0.3, -0.25) is 0 Å². The van der Waals surface area contributed by atoms with Gasteiger partial charge in [0.2, 0.25) is 0 Å². The van der Waals surface area contributed by atoms with Crippen LogP contribution in [0.5, 0.6) is 5.75 Å². The molecule has 0 bridgehead atoms. The van der Waals surface area contributed by atoms with Gasteiger partial charge in [0, 0.05) is 30.6 Å². The highest BCUT2D eigenvalue weighted by Gasteiger charge is 2.47. The summed E-state index contributed by atoms with van der Waals surface area (Å²) in [4.78, 5) is 15.7. The molecule has 51 heavy (non-hydrogen) atoms. The number of carbonyl (C=O) groups excluding carboxylic acids is 1. The van der Waals surface area contributed by atoms with Crippen molar-refractivity contribution in [1.29, 1.82) is 0 Å². The number of hydrogen-bond acceptors (Lipinski definition) is 6. The van der Waals surface area contributed by atoms with E-state index in [1.807, 2.05) is 62.1 Å². The third-order valence-electron chi connectivity index (χ3n) is 9.34. The Morgan fingerprint density at radius 2 is 1.43 bits per heavy atom. The minimum Gasteiger partial charge on any atom is -0.494 e. The van der Waals surface area contributed by atoms with Crippen molar-refractivity contribution in [2.24, 2.45) is 0 Å². The van der Waals surface area contributed by atoms with Crippen molar-refractivity contribution >= 4 is 29.5 Å². The standard InChI is InChI=1S/C44H49NO5S/c1-44(2,3)50-43(46)45-28-39(35-16-8-5-9-17-35)41(42(40(45)31-51)49-30-33-19-20-34-15-10-11-18-37(34)27-33)36-21-23-38(24-22-36)48-26-12-25-47-29-32-13-6-4-7-14-32/h4-11,13-24,27,39-42,51H,12,25-26,28-31H2,1-3H3. The first kappa shape index (κ1) is 36.5. The number of piperidine rings is 1. The first-order valence-corrected chi connectivity index (χ1v) is 18.5. The van der Waals surface area contributed by atoms with Gasteiger partial charge < -0.3 is 23.8 Å². The molecule has 7 heteroatoms. The number of thiol groups is 1. The summed E-state index contributed by atoms with van der Waals surface area (Å²) in [6.45, 7) is 8.37. The van der Waals surface area contributed by atoms with Gasteiger partial charge in [0.1, 0.15) is 11.4 Å². The van der Waals surface area contributed by atoms with Crippen molar-refractivity contribution in [3.8, 4) is 5.75 Å². The summed E-state index contributed by atoms with van der Waals surface area (Å²) in [6.07, 6.45) is 0.0768. The van der Waals surface area contributed by atoms with Gasteiger partial charge in [-0.05, 0) is 72.0 Å². The van der Waals surface area contributed by atoms with E-state index in [9.17, 15) is 4.79 Å². The molecule has 4 atom stereocenters. The number of ether oxygens (including phenoxy) is 4. The predicted octanol–water partition coefficient (Wildman–Crippen LogP) is 9.83. The van der Waals surface area contributed by atoms with E-state index in [1.54, 1.807) is 0 Å². The smallest absolute Gasteiger partial charge is 0.410 e. The number of carbonyl (C=O) groups is 1. The number of amides is 1. The molecule has 1 aliphatic heterocycles. The second-order valence-electron chi connectivity index (χ2n) is 14.2. The van der Waals surface area contributed by atoms with Gasteiger partial charge in [-0.1, -0.05) is 109 Å². The van der Waals surface area contributed by atoms with Gasteiger partial charge >= 0.3 is 6.09 Å². The van der Waals surface area contributed by atoms with Crippen molar-refractivity contribution in [3.63, 3.8) is 0 Å². The van der Waals surface area contributed by atoms with Crippen molar-refractivity contribution in [3.05, 3.63) is 150 Å². The lowest BCUT2D eigenvalue weighted by molar-refractivity contribution is -0.0691. The first-order chi connectivity index (χ1) is 24.8. The van der Waals surface area contributed by atoms with Crippen LogP contribution < -0.4 is 4.74 Å². The highest BCUT2D eigenvalue weighted by molar-refractivity contribution is 7.80. The molecule has 266 valence electrons. The maximum absolute atomic E-state index is 13.8. The summed E-state index contributed by atoms with van der Waals surface area (Å²) >= 11 is 4.83. The van der Waals surface area contributed by atoms with Crippen LogP contribution in [0.3, 0.4) is 0 Å². The predicted molar refractivity (Wildman–Crippen MR) is 208 cm³/mol. The van der Waals surface area contributed by atoms with E-state index in [0.717, 1.165) is 28.9 Å². The van der Waals surface area contributed by atoms with E-state index in [4.69, 9.17) is 31.6 Å². The number of likely N-dealkylation sites (tertiary alicyclic amines) is 1. The van der Waals surface area contributed by atoms with Gasteiger partial charge in [-0.15, -0.1) is 0 Å². The Morgan fingerprint density at radius 3 is 2.14 bits per heavy atom. The average Bonchev–Trinajstić information content (AvgIpc) is 3.15. The molecule has 1 amide bonds. The summed E-state index contributed by atoms with van der Waals surface area (Å²) in [5, 5.41) is 2.35. The molecular weight excluding hydrogens is 655 g/mol. The number of hydrogen-bond donors (Lipinski definition) is 1. The van der Waals surface area contributed by atoms with Crippen LogP contribution in [-0.2, 0) is 27.4 Å². The van der Waals surface area contributed by atoms with Crippen LogP contribution in [0, 0.1) is 0 Å². The summed E-state index contributed by atoms with van der Waals surface area (Å²) < 4.78 is 24.9. The van der Waals surface area contributed by atoms with Crippen LogP contribution in [0.2, 0.25) is 0 Å². The minimum atomic E-state index is -0.636. The minimum absolute atomic E-state index is 0.0509. The number of nitrogens with zero attached hydrogens (tertiary/aromatic N) is 1. The van der Waals surface area contributed by atoms with E-state index in [-0.39, 0.29) is 30.1 Å². The SMILES string of the molecule is CC(C)(C)OC(=O)N1CC(c2ccccc2)C(c2ccc(OCCCOCc3ccccc3)cc2)C(OCc2ccc3ccccc3c2)C1CS. The summed E-state index contributed by atoms with van der Waals surface area (Å²) in [5.41, 5.74) is 3.88. The first-order valence-electron chi connectivity index (χ1n) is 17.9. The number of fused-ring (bicyclic) bond motifs is 1. The normalized spacial score (nSPS) is 19.2. The van der Waals surface area contributed by atoms with Crippen LogP contribution in [0.1, 0.15) is 61.3 Å². The van der Waals surface area contributed by atoms with Crippen LogP contribution in [0.4, 0.5) is 4.79 Å². The van der Waals surface area contributed by atoms with Crippen LogP contribution >= 0.6 is 12.6 Å². The third kappa shape index (κ3) is 9.73. The van der Waals surface area contributed by atoms with Gasteiger partial charge in [0.15, 0.2) is 0 Å². The topological polar surface area (TPSA) is 57.2 Å². The molecule has 1 heterocycles. The summed E-state index contributed by atoms with van der Waals surface area (Å²) in [7, 11) is 0. The third-order valence-corrected chi connectivity index (χ3v) is 9.71. The quantitative estimate of drug-likeness (QED) is 0.0978. The zero-order valence-electron chi connectivity index (χ0n) is 29.8. The molecule has 1 aliphatic rings. The van der Waals surface area contributed by atoms with Gasteiger partial charge in [-0.25, -0.2) is 4.79 Å². The van der Waals surface area contributed by atoms with E-state index in [2.05, 4.69) is 91.0 Å². The van der Waals surface area contributed by atoms with Crippen molar-refractivity contribution in [2.45, 2.75) is 70.0 Å². The van der Waals surface area contributed by atoms with E-state index >= 15 is 0 Å². The number of benzene rings is 5. The van der Waals surface area contributed by atoms with E-state index in [0.29, 0.717) is 38.7 Å². The zero-order valence-corrected chi connectivity index (χ0v) is 30.7. The second-order valence-corrected chi connectivity index (χ2v) is 14.6. The van der Waals surface area contributed by atoms with Gasteiger partial charge in [0.05, 0.1) is 38.6 Å². The molecule has 1 fully saturated rings. The molecule has 0 aromatic heterocycles. The Kier molecular flexibility index (Phi) is 12.4. The summed E-state index contributed by atoms with van der Waals surface area (Å²) in [5.74, 6) is 1.12. The summed E-state index contributed by atoms with van der Waals surface area (Å²) in [6, 6.07) is 43.4. The molecule has 0 N–H and O–H groups in total. The van der Waals surface area contributed by atoms with E-state index < -0.39 is 5.60 Å². The fourth-order valence-electron chi connectivity index (χ4n) is 6.91. The molecule has 6 nitrogen and oxygen atoms in total. The second kappa shape index (κ2) is 17.3. The van der Waals surface area contributed by atoms with Crippen molar-refractivity contribution in [2.75, 3.05) is 25.5 Å². The molecule has 0 radical (unpaired) electrons. The lowest BCUT2D eigenvalue weighted by atomic mass is 9.72. The molecule has 0 saturated carbocycles. The Bertz CT molecular complexity index is 1830. The fourth-order valence-corrected chi connectivity index (χ4v) is 7.32. The zero-order chi connectivity index (χ0) is 35.6. The molecule has 0 aliphatic carbocycles.